The number of rotatable bonds is 6. The van der Waals surface area contributed by atoms with E-state index in [1.54, 1.807) is 0 Å². The molecule has 1 fully saturated rings. The third kappa shape index (κ3) is 5.38. The summed E-state index contributed by atoms with van der Waals surface area (Å²) in [5, 5.41) is 6.56. The molecule has 1 saturated heterocycles. The van der Waals surface area contributed by atoms with Gasteiger partial charge in [-0.15, -0.1) is 0 Å². The van der Waals surface area contributed by atoms with Gasteiger partial charge in [0.1, 0.15) is 0 Å². The van der Waals surface area contributed by atoms with Crippen molar-refractivity contribution in [2.75, 3.05) is 13.1 Å². The summed E-state index contributed by atoms with van der Waals surface area (Å²) in [5.74, 6) is 0.786. The molecular weight excluding hydrogens is 224 g/mol. The van der Waals surface area contributed by atoms with Crippen molar-refractivity contribution in [1.82, 2.24) is 10.6 Å². The normalized spacial score (nSPS) is 21.1. The van der Waals surface area contributed by atoms with E-state index < -0.39 is 0 Å². The Kier molecular flexibility index (Phi) is 6.13. The third-order valence-electron chi connectivity index (χ3n) is 4.44. The van der Waals surface area contributed by atoms with E-state index in [0.717, 1.165) is 19.5 Å². The maximum atomic E-state index is 11.8. The molecule has 0 aliphatic carbocycles. The molecule has 0 bridgehead atoms. The van der Waals surface area contributed by atoms with Gasteiger partial charge in [-0.05, 0) is 37.1 Å². The van der Waals surface area contributed by atoms with Crippen LogP contribution in [0.2, 0.25) is 0 Å². The highest BCUT2D eigenvalue weighted by atomic mass is 16.1. The lowest BCUT2D eigenvalue weighted by Crippen LogP contribution is -2.38. The summed E-state index contributed by atoms with van der Waals surface area (Å²) < 4.78 is 0. The van der Waals surface area contributed by atoms with Gasteiger partial charge in [-0.2, -0.15) is 0 Å². The molecule has 106 valence electrons. The van der Waals surface area contributed by atoms with Crippen LogP contribution in [0.15, 0.2) is 0 Å². The highest BCUT2D eigenvalue weighted by molar-refractivity contribution is 5.75. The first-order chi connectivity index (χ1) is 8.42. The highest BCUT2D eigenvalue weighted by Gasteiger charge is 2.23. The van der Waals surface area contributed by atoms with Crippen molar-refractivity contribution >= 4 is 5.91 Å². The molecule has 0 spiro atoms. The van der Waals surface area contributed by atoms with Crippen molar-refractivity contribution < 1.29 is 4.79 Å². The zero-order valence-electron chi connectivity index (χ0n) is 12.5. The third-order valence-corrected chi connectivity index (χ3v) is 4.44. The first-order valence-electron chi connectivity index (χ1n) is 7.42. The van der Waals surface area contributed by atoms with E-state index in [1.165, 1.54) is 19.3 Å². The minimum absolute atomic E-state index is 0.179. The fourth-order valence-corrected chi connectivity index (χ4v) is 2.09. The standard InChI is InChI=1S/C15H30N2O/c1-12(2)15(3,4)11-17-14(18)9-8-13-7-5-6-10-16-13/h12-13,16H,5-11H2,1-4H3,(H,17,18). The van der Waals surface area contributed by atoms with E-state index in [2.05, 4.69) is 38.3 Å². The maximum absolute atomic E-state index is 11.8. The van der Waals surface area contributed by atoms with Crippen LogP contribution in [0.25, 0.3) is 0 Å². The number of nitrogens with one attached hydrogen (secondary N) is 2. The summed E-state index contributed by atoms with van der Waals surface area (Å²) in [6.07, 6.45) is 5.45. The summed E-state index contributed by atoms with van der Waals surface area (Å²) in [6, 6.07) is 0.558. The Morgan fingerprint density at radius 3 is 2.67 bits per heavy atom. The zero-order valence-corrected chi connectivity index (χ0v) is 12.5. The van der Waals surface area contributed by atoms with E-state index in [9.17, 15) is 4.79 Å². The molecule has 0 radical (unpaired) electrons. The predicted molar refractivity (Wildman–Crippen MR) is 76.5 cm³/mol. The molecule has 0 saturated carbocycles. The average molecular weight is 254 g/mol. The van der Waals surface area contributed by atoms with Crippen molar-refractivity contribution in [3.63, 3.8) is 0 Å². The molecule has 3 heteroatoms. The van der Waals surface area contributed by atoms with Crippen molar-refractivity contribution in [3.05, 3.63) is 0 Å². The second-order valence-electron chi connectivity index (χ2n) is 6.61. The number of amides is 1. The molecule has 1 atom stereocenters. The summed E-state index contributed by atoms with van der Waals surface area (Å²) in [5.41, 5.74) is 0.179. The second kappa shape index (κ2) is 7.13. The molecule has 0 aromatic heterocycles. The number of carbonyl (C=O) groups is 1. The van der Waals surface area contributed by atoms with E-state index >= 15 is 0 Å². The molecule has 0 aromatic carbocycles. The van der Waals surface area contributed by atoms with Gasteiger partial charge in [-0.1, -0.05) is 34.1 Å². The minimum Gasteiger partial charge on any atom is -0.356 e. The van der Waals surface area contributed by atoms with Crippen LogP contribution in [0.4, 0.5) is 0 Å². The zero-order chi connectivity index (χ0) is 13.6. The van der Waals surface area contributed by atoms with Gasteiger partial charge in [0, 0.05) is 19.0 Å². The van der Waals surface area contributed by atoms with Crippen LogP contribution in [0, 0.1) is 11.3 Å². The van der Waals surface area contributed by atoms with Gasteiger partial charge in [-0.3, -0.25) is 4.79 Å². The first-order valence-corrected chi connectivity index (χ1v) is 7.42. The summed E-state index contributed by atoms with van der Waals surface area (Å²) in [7, 11) is 0. The van der Waals surface area contributed by atoms with Gasteiger partial charge >= 0.3 is 0 Å². The molecular formula is C15H30N2O. The Labute approximate surface area is 112 Å². The SMILES string of the molecule is CC(C)C(C)(C)CNC(=O)CCC1CCCCN1. The van der Waals surface area contributed by atoms with Crippen LogP contribution in [0.3, 0.4) is 0 Å². The Morgan fingerprint density at radius 1 is 1.39 bits per heavy atom. The lowest BCUT2D eigenvalue weighted by Gasteiger charge is -2.29. The Hall–Kier alpha value is -0.570. The van der Waals surface area contributed by atoms with E-state index in [-0.39, 0.29) is 11.3 Å². The summed E-state index contributed by atoms with van der Waals surface area (Å²) in [4.78, 5) is 11.8. The predicted octanol–water partition coefficient (Wildman–Crippen LogP) is 2.71. The van der Waals surface area contributed by atoms with Gasteiger partial charge in [-0.25, -0.2) is 0 Å². The van der Waals surface area contributed by atoms with E-state index in [4.69, 9.17) is 0 Å². The van der Waals surface area contributed by atoms with E-state index in [1.807, 2.05) is 0 Å². The molecule has 2 N–H and O–H groups in total. The molecule has 3 nitrogen and oxygen atoms in total. The van der Waals surface area contributed by atoms with Crippen LogP contribution in [-0.2, 0) is 4.79 Å². The lowest BCUT2D eigenvalue weighted by atomic mass is 9.81. The topological polar surface area (TPSA) is 41.1 Å². The average Bonchev–Trinajstić information content (AvgIpc) is 2.35. The van der Waals surface area contributed by atoms with Gasteiger partial charge in [0.05, 0.1) is 0 Å². The van der Waals surface area contributed by atoms with Crippen molar-refractivity contribution in [1.29, 1.82) is 0 Å². The van der Waals surface area contributed by atoms with Crippen molar-refractivity contribution in [2.24, 2.45) is 11.3 Å². The number of piperidine rings is 1. The second-order valence-corrected chi connectivity index (χ2v) is 6.61. The molecule has 1 heterocycles. The van der Waals surface area contributed by atoms with Gasteiger partial charge in [0.25, 0.3) is 0 Å². The minimum atomic E-state index is 0.179. The van der Waals surface area contributed by atoms with Gasteiger partial charge in [0.2, 0.25) is 5.91 Å². The fourth-order valence-electron chi connectivity index (χ4n) is 2.09. The van der Waals surface area contributed by atoms with E-state index in [0.29, 0.717) is 18.4 Å². The van der Waals surface area contributed by atoms with Gasteiger partial charge in [0.15, 0.2) is 0 Å². The largest absolute Gasteiger partial charge is 0.356 e. The smallest absolute Gasteiger partial charge is 0.220 e. The summed E-state index contributed by atoms with van der Waals surface area (Å²) >= 11 is 0. The number of hydrogen-bond acceptors (Lipinski definition) is 2. The molecule has 18 heavy (non-hydrogen) atoms. The number of carbonyl (C=O) groups excluding carboxylic acids is 1. The maximum Gasteiger partial charge on any atom is 0.220 e. The monoisotopic (exact) mass is 254 g/mol. The van der Waals surface area contributed by atoms with Crippen LogP contribution in [0.1, 0.15) is 59.8 Å². The molecule has 1 aliphatic rings. The van der Waals surface area contributed by atoms with Crippen LogP contribution in [-0.4, -0.2) is 25.0 Å². The van der Waals surface area contributed by atoms with Crippen LogP contribution >= 0.6 is 0 Å². The Balaban J connectivity index is 2.17. The fraction of sp³-hybridized carbons (Fsp3) is 0.933. The molecule has 1 amide bonds. The first kappa shape index (κ1) is 15.5. The highest BCUT2D eigenvalue weighted by Crippen LogP contribution is 2.24. The Bertz CT molecular complexity index is 255. The van der Waals surface area contributed by atoms with Crippen LogP contribution < -0.4 is 10.6 Å². The molecule has 1 rings (SSSR count). The lowest BCUT2D eigenvalue weighted by molar-refractivity contribution is -0.121. The summed E-state index contributed by atoms with van der Waals surface area (Å²) in [6.45, 7) is 10.7. The molecule has 0 aromatic rings. The van der Waals surface area contributed by atoms with Crippen molar-refractivity contribution in [2.45, 2.75) is 65.8 Å². The van der Waals surface area contributed by atoms with Crippen molar-refractivity contribution in [3.8, 4) is 0 Å². The van der Waals surface area contributed by atoms with Gasteiger partial charge < -0.3 is 10.6 Å². The molecule has 1 unspecified atom stereocenters. The quantitative estimate of drug-likeness (QED) is 0.765. The number of hydrogen-bond donors (Lipinski definition) is 2. The Morgan fingerprint density at radius 2 is 2.11 bits per heavy atom. The van der Waals surface area contributed by atoms with Crippen LogP contribution in [0.5, 0.6) is 0 Å². The molecule has 1 aliphatic heterocycles.